The number of aliphatic hydroxyl groups excluding tert-OH is 1. The number of likely N-dealkylation sites (tertiary alicyclic amines) is 1. The molecular formula is C30H41F3N4O4. The number of carbonyl (C=O) groups excluding carboxylic acids is 2. The Balaban J connectivity index is 0.00000108. The zero-order valence-corrected chi connectivity index (χ0v) is 24.2. The zero-order valence-electron chi connectivity index (χ0n) is 24.2. The van der Waals surface area contributed by atoms with Crippen LogP contribution < -0.4 is 9.64 Å². The predicted molar refractivity (Wildman–Crippen MR) is 151 cm³/mol. The van der Waals surface area contributed by atoms with Crippen LogP contribution in [0.5, 0.6) is 5.75 Å². The van der Waals surface area contributed by atoms with E-state index >= 15 is 0 Å². The summed E-state index contributed by atoms with van der Waals surface area (Å²) < 4.78 is 34.2. The Morgan fingerprint density at radius 3 is 2.17 bits per heavy atom. The Morgan fingerprint density at radius 1 is 1.05 bits per heavy atom. The Kier molecular flexibility index (Phi) is 11.8. The Morgan fingerprint density at radius 2 is 1.63 bits per heavy atom. The smallest absolute Gasteiger partial charge is 0.379 e. The van der Waals surface area contributed by atoms with Crippen LogP contribution in [-0.4, -0.2) is 85.8 Å². The first kappa shape index (κ1) is 32.2. The molecule has 4 rings (SSSR count). The highest BCUT2D eigenvalue weighted by atomic mass is 19.4. The highest BCUT2D eigenvalue weighted by molar-refractivity contribution is 5.93. The molecule has 0 saturated carbocycles. The molecule has 3 heterocycles. The molecule has 1 atom stereocenters. The van der Waals surface area contributed by atoms with Crippen LogP contribution in [0.2, 0.25) is 0 Å². The molecule has 2 aromatic rings. The van der Waals surface area contributed by atoms with Gasteiger partial charge in [0.2, 0.25) is 0 Å². The molecule has 0 spiro atoms. The summed E-state index contributed by atoms with van der Waals surface area (Å²) in [6, 6.07) is 9.16. The Bertz CT molecular complexity index is 1150. The number of benzene rings is 1. The van der Waals surface area contributed by atoms with Gasteiger partial charge in [-0.1, -0.05) is 12.1 Å². The first-order valence-electron chi connectivity index (χ1n) is 14.0. The number of aromatic nitrogens is 1. The molecule has 0 radical (unpaired) electrons. The summed E-state index contributed by atoms with van der Waals surface area (Å²) in [5, 5.41) is 10.6. The lowest BCUT2D eigenvalue weighted by Gasteiger charge is -2.38. The van der Waals surface area contributed by atoms with Crippen molar-refractivity contribution >= 4 is 17.5 Å². The minimum absolute atomic E-state index is 0.0645. The van der Waals surface area contributed by atoms with Crippen molar-refractivity contribution in [3.05, 3.63) is 53.3 Å². The van der Waals surface area contributed by atoms with Crippen LogP contribution in [0, 0.1) is 18.8 Å². The number of anilines is 1. The molecule has 2 fully saturated rings. The fourth-order valence-electron chi connectivity index (χ4n) is 5.58. The summed E-state index contributed by atoms with van der Waals surface area (Å²) in [5.41, 5.74) is 3.09. The Labute approximate surface area is 240 Å². The van der Waals surface area contributed by atoms with Gasteiger partial charge in [-0.15, -0.1) is 0 Å². The van der Waals surface area contributed by atoms with E-state index in [0.717, 1.165) is 50.0 Å². The van der Waals surface area contributed by atoms with Crippen LogP contribution in [-0.2, 0) is 4.79 Å². The maximum Gasteiger partial charge on any atom is 0.379 e. The number of hydrogen-bond donors (Lipinski definition) is 1. The van der Waals surface area contributed by atoms with Crippen molar-refractivity contribution in [2.75, 3.05) is 52.3 Å². The molecule has 1 aromatic heterocycles. The lowest BCUT2D eigenvalue weighted by molar-refractivity contribution is -0.142. The highest BCUT2D eigenvalue weighted by Crippen LogP contribution is 2.32. The topological polar surface area (TPSA) is 86.2 Å². The molecule has 8 nitrogen and oxygen atoms in total. The maximum atomic E-state index is 12.9. The number of hydrogen-bond acceptors (Lipinski definition) is 6. The molecule has 0 bridgehead atoms. The maximum absolute atomic E-state index is 12.9. The number of methoxy groups -OCH3 is 1. The average molecular weight is 579 g/mol. The summed E-state index contributed by atoms with van der Waals surface area (Å²) in [4.78, 5) is 35.4. The van der Waals surface area contributed by atoms with Crippen LogP contribution in [0.4, 0.5) is 18.9 Å². The van der Waals surface area contributed by atoms with Gasteiger partial charge in [0.15, 0.2) is 6.10 Å². The second-order valence-corrected chi connectivity index (χ2v) is 10.9. The number of aryl methyl sites for hydroxylation is 1. The third kappa shape index (κ3) is 9.08. The molecule has 1 aromatic carbocycles. The van der Waals surface area contributed by atoms with Crippen molar-refractivity contribution in [1.29, 1.82) is 0 Å². The standard InChI is InChI=1S/C29H40N4O4.CHF3/c1-20-16-24(19-30-26(20)28(35)31(2)3)32-12-8-21(9-13-32)17-22-10-14-33(15-11-22)29(36)27(34)23-6-5-7-25(18-23)37-4;2-1(3)4/h5-7,16,18-19,21-22,27,34H,8-15,17H2,1-4H3;1H. The molecule has 0 aliphatic carbocycles. The summed E-state index contributed by atoms with van der Waals surface area (Å²) in [6.07, 6.45) is 6.14. The third-order valence-electron chi connectivity index (χ3n) is 7.89. The third-order valence-corrected chi connectivity index (χ3v) is 7.89. The molecule has 2 aliphatic heterocycles. The SMILES string of the molecule is COc1cccc(C(O)C(=O)N2CCC(CC3CCN(c4cnc(C(=O)N(C)C)c(C)c4)CC3)CC2)c1.FC(F)F. The van der Waals surface area contributed by atoms with Crippen molar-refractivity contribution in [2.24, 2.45) is 11.8 Å². The predicted octanol–water partition coefficient (Wildman–Crippen LogP) is 4.86. The van der Waals surface area contributed by atoms with E-state index in [9.17, 15) is 27.9 Å². The number of nitrogens with zero attached hydrogens (tertiary/aromatic N) is 4. The van der Waals surface area contributed by atoms with Crippen molar-refractivity contribution in [2.45, 2.75) is 51.8 Å². The van der Waals surface area contributed by atoms with Crippen LogP contribution >= 0.6 is 0 Å². The first-order valence-corrected chi connectivity index (χ1v) is 14.0. The van der Waals surface area contributed by atoms with Gasteiger partial charge in [0, 0.05) is 40.3 Å². The number of ether oxygens (including phenoxy) is 1. The summed E-state index contributed by atoms with van der Waals surface area (Å²) in [7, 11) is 5.07. The van der Waals surface area contributed by atoms with Gasteiger partial charge in [0.05, 0.1) is 19.0 Å². The highest BCUT2D eigenvalue weighted by Gasteiger charge is 2.30. The lowest BCUT2D eigenvalue weighted by Crippen LogP contribution is -2.42. The molecule has 2 aliphatic rings. The van der Waals surface area contributed by atoms with E-state index in [1.807, 2.05) is 18.0 Å². The molecule has 2 amide bonds. The monoisotopic (exact) mass is 578 g/mol. The van der Waals surface area contributed by atoms with Gasteiger partial charge in [-0.3, -0.25) is 9.59 Å². The molecule has 1 N–H and O–H groups in total. The van der Waals surface area contributed by atoms with E-state index in [-0.39, 0.29) is 11.8 Å². The van der Waals surface area contributed by atoms with E-state index in [0.29, 0.717) is 41.9 Å². The number of alkyl halides is 3. The van der Waals surface area contributed by atoms with Gasteiger partial charge in [-0.05, 0) is 80.2 Å². The van der Waals surface area contributed by atoms with Gasteiger partial charge < -0.3 is 24.5 Å². The van der Waals surface area contributed by atoms with Crippen LogP contribution in [0.1, 0.15) is 59.8 Å². The quantitative estimate of drug-likeness (QED) is 0.505. The molecular weight excluding hydrogens is 537 g/mol. The summed E-state index contributed by atoms with van der Waals surface area (Å²) in [6.45, 7) is 1.68. The summed E-state index contributed by atoms with van der Waals surface area (Å²) >= 11 is 0. The largest absolute Gasteiger partial charge is 0.497 e. The van der Waals surface area contributed by atoms with Gasteiger partial charge in [-0.2, -0.15) is 13.2 Å². The lowest BCUT2D eigenvalue weighted by atomic mass is 9.82. The number of rotatable bonds is 7. The second-order valence-electron chi connectivity index (χ2n) is 10.9. The number of carbonyl (C=O) groups is 2. The molecule has 41 heavy (non-hydrogen) atoms. The van der Waals surface area contributed by atoms with Crippen LogP contribution in [0.25, 0.3) is 0 Å². The number of aliphatic hydroxyl groups is 1. The van der Waals surface area contributed by atoms with E-state index < -0.39 is 12.8 Å². The number of amides is 2. The van der Waals surface area contributed by atoms with Gasteiger partial charge >= 0.3 is 6.68 Å². The van der Waals surface area contributed by atoms with Gasteiger partial charge in [0.1, 0.15) is 11.4 Å². The fraction of sp³-hybridized carbons (Fsp3) is 0.567. The Hall–Kier alpha value is -3.34. The van der Waals surface area contributed by atoms with Crippen molar-refractivity contribution in [1.82, 2.24) is 14.8 Å². The second kappa shape index (κ2) is 15.0. The molecule has 226 valence electrons. The molecule has 2 saturated heterocycles. The van der Waals surface area contributed by atoms with Crippen LogP contribution in [0.15, 0.2) is 36.5 Å². The van der Waals surface area contributed by atoms with Crippen molar-refractivity contribution in [3.63, 3.8) is 0 Å². The molecule has 11 heteroatoms. The van der Waals surface area contributed by atoms with E-state index in [1.165, 1.54) is 6.42 Å². The summed E-state index contributed by atoms with van der Waals surface area (Å²) in [5.74, 6) is 1.66. The van der Waals surface area contributed by atoms with E-state index in [2.05, 4.69) is 16.0 Å². The van der Waals surface area contributed by atoms with E-state index in [4.69, 9.17) is 4.74 Å². The average Bonchev–Trinajstić information content (AvgIpc) is 2.96. The number of pyridine rings is 1. The minimum atomic E-state index is -3.67. The number of halogens is 3. The minimum Gasteiger partial charge on any atom is -0.497 e. The van der Waals surface area contributed by atoms with Gasteiger partial charge in [-0.25, -0.2) is 4.98 Å². The van der Waals surface area contributed by atoms with E-state index in [1.54, 1.807) is 50.4 Å². The zero-order chi connectivity index (χ0) is 30.1. The first-order chi connectivity index (χ1) is 19.5. The van der Waals surface area contributed by atoms with Gasteiger partial charge in [0.25, 0.3) is 11.8 Å². The fourth-order valence-corrected chi connectivity index (χ4v) is 5.58. The van der Waals surface area contributed by atoms with Crippen molar-refractivity contribution < 1.29 is 32.6 Å². The number of piperidine rings is 2. The van der Waals surface area contributed by atoms with Crippen molar-refractivity contribution in [3.8, 4) is 5.75 Å². The van der Waals surface area contributed by atoms with Crippen LogP contribution in [0.3, 0.4) is 0 Å². The normalized spacial score (nSPS) is 17.1. The molecule has 1 unspecified atom stereocenters.